The molecular formula is C18H18ClN3O3S2. The van der Waals surface area contributed by atoms with Crippen LogP contribution in [0.3, 0.4) is 0 Å². The standard InChI is InChI=1S/C18H18ClN3O3S2/c1-3-22-16-9-8-14(27(20,24)25)10-15(16)21-18(22)26-11(2)17(23)12-4-6-13(19)7-5-12/h4-11H,3H2,1-2H3,(H2,20,24,25)/t11-/m1/s1. The number of sulfonamides is 1. The molecule has 2 N–H and O–H groups in total. The maximum atomic E-state index is 12.7. The zero-order chi connectivity index (χ0) is 19.8. The van der Waals surface area contributed by atoms with Crippen molar-refractivity contribution in [2.45, 2.75) is 35.7 Å². The first-order valence-electron chi connectivity index (χ1n) is 8.20. The SMILES string of the molecule is CCn1c(S[C@H](C)C(=O)c2ccc(Cl)cc2)nc2cc(S(N)(=O)=O)ccc21. The number of carbonyl (C=O) groups excluding carboxylic acids is 1. The highest BCUT2D eigenvalue weighted by Gasteiger charge is 2.21. The van der Waals surface area contributed by atoms with E-state index < -0.39 is 10.0 Å². The van der Waals surface area contributed by atoms with Gasteiger partial charge in [0, 0.05) is 17.1 Å². The molecule has 0 bridgehead atoms. The van der Waals surface area contributed by atoms with E-state index in [0.29, 0.717) is 27.8 Å². The lowest BCUT2D eigenvalue weighted by molar-refractivity contribution is 0.0994. The van der Waals surface area contributed by atoms with E-state index in [1.54, 1.807) is 30.3 Å². The number of aromatic nitrogens is 2. The van der Waals surface area contributed by atoms with Gasteiger partial charge in [0.05, 0.1) is 21.2 Å². The van der Waals surface area contributed by atoms with E-state index in [1.165, 1.54) is 23.9 Å². The minimum atomic E-state index is -3.80. The Bertz CT molecular complexity index is 1110. The third-order valence-corrected chi connectivity index (χ3v) is 6.36. The van der Waals surface area contributed by atoms with E-state index in [1.807, 2.05) is 18.4 Å². The zero-order valence-electron chi connectivity index (χ0n) is 14.7. The van der Waals surface area contributed by atoms with E-state index in [-0.39, 0.29) is 15.9 Å². The van der Waals surface area contributed by atoms with Crippen LogP contribution in [0, 0.1) is 0 Å². The first-order chi connectivity index (χ1) is 12.7. The molecule has 3 rings (SSSR count). The molecule has 0 spiro atoms. The average molecular weight is 424 g/mol. The van der Waals surface area contributed by atoms with Crippen LogP contribution in [0.15, 0.2) is 52.5 Å². The number of Topliss-reactive ketones (excluding diaryl/α,β-unsaturated/α-hetero) is 1. The fourth-order valence-corrected chi connectivity index (χ4v) is 4.45. The molecule has 6 nitrogen and oxygen atoms in total. The van der Waals surface area contributed by atoms with Crippen LogP contribution in [-0.4, -0.2) is 29.0 Å². The smallest absolute Gasteiger partial charge is 0.238 e. The number of primary sulfonamides is 1. The number of fused-ring (bicyclic) bond motifs is 1. The molecule has 1 heterocycles. The Hall–Kier alpha value is -1.87. The number of carbonyl (C=O) groups is 1. The van der Waals surface area contributed by atoms with Crippen LogP contribution in [0.4, 0.5) is 0 Å². The predicted molar refractivity (Wildman–Crippen MR) is 108 cm³/mol. The summed E-state index contributed by atoms with van der Waals surface area (Å²) < 4.78 is 25.1. The Labute approximate surface area is 166 Å². The van der Waals surface area contributed by atoms with Crippen LogP contribution in [0.2, 0.25) is 5.02 Å². The minimum absolute atomic E-state index is 0.0117. The normalized spacial score (nSPS) is 13.0. The Morgan fingerprint density at radius 1 is 1.26 bits per heavy atom. The summed E-state index contributed by atoms with van der Waals surface area (Å²) in [5.74, 6) is -0.0309. The maximum Gasteiger partial charge on any atom is 0.238 e. The Balaban J connectivity index is 1.93. The van der Waals surface area contributed by atoms with Crippen molar-refractivity contribution in [3.63, 3.8) is 0 Å². The van der Waals surface area contributed by atoms with Crippen molar-refractivity contribution in [2.24, 2.45) is 5.14 Å². The number of halogens is 1. The molecule has 0 amide bonds. The molecule has 27 heavy (non-hydrogen) atoms. The molecule has 0 fully saturated rings. The summed E-state index contributed by atoms with van der Waals surface area (Å²) in [5, 5.41) is 6.05. The van der Waals surface area contributed by atoms with Gasteiger partial charge in [-0.05, 0) is 56.3 Å². The van der Waals surface area contributed by atoms with Gasteiger partial charge in [-0.15, -0.1) is 0 Å². The Kier molecular flexibility index (Phi) is 5.62. The third kappa shape index (κ3) is 4.19. The van der Waals surface area contributed by atoms with Crippen LogP contribution in [0.25, 0.3) is 11.0 Å². The number of hydrogen-bond acceptors (Lipinski definition) is 5. The first-order valence-corrected chi connectivity index (χ1v) is 11.0. The van der Waals surface area contributed by atoms with E-state index >= 15 is 0 Å². The lowest BCUT2D eigenvalue weighted by atomic mass is 10.1. The maximum absolute atomic E-state index is 12.7. The van der Waals surface area contributed by atoms with E-state index in [9.17, 15) is 13.2 Å². The zero-order valence-corrected chi connectivity index (χ0v) is 17.1. The van der Waals surface area contributed by atoms with E-state index in [4.69, 9.17) is 16.7 Å². The minimum Gasteiger partial charge on any atom is -0.319 e. The van der Waals surface area contributed by atoms with Gasteiger partial charge in [-0.3, -0.25) is 4.79 Å². The largest absolute Gasteiger partial charge is 0.319 e. The summed E-state index contributed by atoms with van der Waals surface area (Å²) in [5.41, 5.74) is 1.89. The van der Waals surface area contributed by atoms with Crippen molar-refractivity contribution in [3.05, 3.63) is 53.1 Å². The number of rotatable bonds is 6. The Morgan fingerprint density at radius 2 is 1.93 bits per heavy atom. The average Bonchev–Trinajstić information content (AvgIpc) is 2.97. The number of benzene rings is 2. The third-order valence-electron chi connectivity index (χ3n) is 4.11. The molecule has 3 aromatic rings. The monoisotopic (exact) mass is 423 g/mol. The Morgan fingerprint density at radius 3 is 2.52 bits per heavy atom. The van der Waals surface area contributed by atoms with Crippen LogP contribution in [0.1, 0.15) is 24.2 Å². The van der Waals surface area contributed by atoms with Crippen molar-refractivity contribution < 1.29 is 13.2 Å². The second-order valence-electron chi connectivity index (χ2n) is 5.97. The number of hydrogen-bond donors (Lipinski definition) is 1. The fraction of sp³-hybridized carbons (Fsp3) is 0.222. The molecular weight excluding hydrogens is 406 g/mol. The lowest BCUT2D eigenvalue weighted by Gasteiger charge is -2.11. The van der Waals surface area contributed by atoms with Gasteiger partial charge in [0.15, 0.2) is 10.9 Å². The second kappa shape index (κ2) is 7.63. The highest BCUT2D eigenvalue weighted by Crippen LogP contribution is 2.30. The number of thioether (sulfide) groups is 1. The molecule has 142 valence electrons. The molecule has 9 heteroatoms. The number of nitrogens with two attached hydrogens (primary N) is 1. The summed E-state index contributed by atoms with van der Waals surface area (Å²) in [7, 11) is -3.80. The quantitative estimate of drug-likeness (QED) is 0.481. The van der Waals surface area contributed by atoms with Gasteiger partial charge in [0.1, 0.15) is 0 Å². The van der Waals surface area contributed by atoms with E-state index in [0.717, 1.165) is 5.52 Å². The summed E-state index contributed by atoms with van der Waals surface area (Å²) >= 11 is 7.20. The lowest BCUT2D eigenvalue weighted by Crippen LogP contribution is -2.14. The fourth-order valence-electron chi connectivity index (χ4n) is 2.72. The summed E-state index contributed by atoms with van der Waals surface area (Å²) in [6.07, 6.45) is 0. The summed E-state index contributed by atoms with van der Waals surface area (Å²) in [6.45, 7) is 4.41. The van der Waals surface area contributed by atoms with Crippen LogP contribution in [-0.2, 0) is 16.6 Å². The van der Waals surface area contributed by atoms with Crippen molar-refractivity contribution in [1.82, 2.24) is 9.55 Å². The molecule has 0 saturated heterocycles. The second-order valence-corrected chi connectivity index (χ2v) is 9.27. The number of ketones is 1. The topological polar surface area (TPSA) is 95.0 Å². The summed E-state index contributed by atoms with van der Waals surface area (Å²) in [6, 6.07) is 11.4. The molecule has 0 unspecified atom stereocenters. The van der Waals surface area contributed by atoms with Crippen molar-refractivity contribution >= 4 is 50.2 Å². The van der Waals surface area contributed by atoms with Gasteiger partial charge < -0.3 is 4.57 Å². The van der Waals surface area contributed by atoms with Gasteiger partial charge >= 0.3 is 0 Å². The number of aryl methyl sites for hydroxylation is 1. The van der Waals surface area contributed by atoms with Crippen molar-refractivity contribution in [1.29, 1.82) is 0 Å². The highest BCUT2D eigenvalue weighted by atomic mass is 35.5. The van der Waals surface area contributed by atoms with Crippen LogP contribution < -0.4 is 5.14 Å². The number of imidazole rings is 1. The van der Waals surface area contributed by atoms with Crippen LogP contribution >= 0.6 is 23.4 Å². The van der Waals surface area contributed by atoms with Gasteiger partial charge in [-0.2, -0.15) is 0 Å². The highest BCUT2D eigenvalue weighted by molar-refractivity contribution is 8.00. The van der Waals surface area contributed by atoms with E-state index in [2.05, 4.69) is 4.98 Å². The van der Waals surface area contributed by atoms with Gasteiger partial charge in [-0.1, -0.05) is 23.4 Å². The molecule has 1 atom stereocenters. The molecule has 0 saturated carbocycles. The van der Waals surface area contributed by atoms with Gasteiger partial charge in [0.25, 0.3) is 0 Å². The molecule has 0 aliphatic rings. The first kappa shape index (κ1) is 19.9. The molecule has 2 aromatic carbocycles. The molecule has 0 radical (unpaired) electrons. The summed E-state index contributed by atoms with van der Waals surface area (Å²) in [4.78, 5) is 17.2. The molecule has 0 aliphatic heterocycles. The van der Waals surface area contributed by atoms with Gasteiger partial charge in [-0.25, -0.2) is 18.5 Å². The van der Waals surface area contributed by atoms with Crippen LogP contribution in [0.5, 0.6) is 0 Å². The molecule has 1 aromatic heterocycles. The predicted octanol–water partition coefficient (Wildman–Crippen LogP) is 3.72. The van der Waals surface area contributed by atoms with Crippen molar-refractivity contribution in [3.8, 4) is 0 Å². The molecule has 0 aliphatic carbocycles. The van der Waals surface area contributed by atoms with Crippen molar-refractivity contribution in [2.75, 3.05) is 0 Å². The number of nitrogens with zero attached hydrogens (tertiary/aromatic N) is 2. The van der Waals surface area contributed by atoms with Gasteiger partial charge in [0.2, 0.25) is 10.0 Å².